The monoisotopic (exact) mass is 426 g/mol. The Morgan fingerprint density at radius 2 is 1.77 bits per heavy atom. The lowest BCUT2D eigenvalue weighted by Crippen LogP contribution is -2.50. The summed E-state index contributed by atoms with van der Waals surface area (Å²) >= 11 is 0. The molecule has 8 nitrogen and oxygen atoms in total. The smallest absolute Gasteiger partial charge is 0.329 e. The molecule has 0 radical (unpaired) electrons. The molecule has 8 heteroatoms. The zero-order valence-electron chi connectivity index (χ0n) is 18.7. The molecule has 2 fully saturated rings. The minimum absolute atomic E-state index is 0.0492. The van der Waals surface area contributed by atoms with Crippen molar-refractivity contribution >= 4 is 17.8 Å². The van der Waals surface area contributed by atoms with Crippen LogP contribution in [-0.2, 0) is 23.9 Å². The van der Waals surface area contributed by atoms with Crippen LogP contribution in [0.1, 0.15) is 65.7 Å². The number of aliphatic hydroxyl groups excluding tert-OH is 1. The number of amides is 2. The zero-order chi connectivity index (χ0) is 22.1. The number of hydrogen-bond acceptors (Lipinski definition) is 6. The van der Waals surface area contributed by atoms with Gasteiger partial charge in [0.25, 0.3) is 0 Å². The van der Waals surface area contributed by atoms with Gasteiger partial charge in [0.1, 0.15) is 11.6 Å². The van der Waals surface area contributed by atoms with E-state index in [9.17, 15) is 19.5 Å². The van der Waals surface area contributed by atoms with E-state index in [0.717, 1.165) is 25.7 Å². The normalized spacial score (nSPS) is 18.9. The summed E-state index contributed by atoms with van der Waals surface area (Å²) in [5.74, 6) is -0.453. The average molecular weight is 427 g/mol. The molecule has 2 amide bonds. The van der Waals surface area contributed by atoms with Gasteiger partial charge in [0.05, 0.1) is 13.2 Å². The SMILES string of the molecule is CC(C)(C)OC(=O)[C@@H](CCO)N(CC1CCCC1)C(=O)CCC(=O)N1CCOCC1. The van der Waals surface area contributed by atoms with Gasteiger partial charge in [-0.25, -0.2) is 4.79 Å². The van der Waals surface area contributed by atoms with Gasteiger partial charge in [-0.1, -0.05) is 12.8 Å². The van der Waals surface area contributed by atoms with E-state index in [1.165, 1.54) is 0 Å². The van der Waals surface area contributed by atoms with Crippen LogP contribution < -0.4 is 0 Å². The van der Waals surface area contributed by atoms with Crippen molar-refractivity contribution in [3.05, 3.63) is 0 Å². The molecule has 0 unspecified atom stereocenters. The second kappa shape index (κ2) is 11.6. The Bertz CT molecular complexity index is 577. The summed E-state index contributed by atoms with van der Waals surface area (Å²) in [6, 6.07) is -0.833. The van der Waals surface area contributed by atoms with E-state index in [1.54, 1.807) is 30.6 Å². The van der Waals surface area contributed by atoms with Crippen LogP contribution in [0.2, 0.25) is 0 Å². The molecule has 172 valence electrons. The van der Waals surface area contributed by atoms with E-state index in [-0.39, 0.29) is 37.7 Å². The Kier molecular flexibility index (Phi) is 9.55. The number of esters is 1. The van der Waals surface area contributed by atoms with Crippen LogP contribution in [0.25, 0.3) is 0 Å². The topological polar surface area (TPSA) is 96.4 Å². The molecule has 1 aliphatic carbocycles. The second-order valence-corrected chi connectivity index (χ2v) is 9.25. The van der Waals surface area contributed by atoms with E-state index in [2.05, 4.69) is 0 Å². The molecule has 2 aliphatic rings. The van der Waals surface area contributed by atoms with Crippen LogP contribution in [0.15, 0.2) is 0 Å². The summed E-state index contributed by atoms with van der Waals surface area (Å²) in [6.07, 6.45) is 4.59. The standard InChI is InChI=1S/C22H38N2O6/c1-22(2,3)30-21(28)18(10-13-25)24(16-17-6-4-5-7-17)20(27)9-8-19(26)23-11-14-29-15-12-23/h17-18,25H,4-16H2,1-3H3/t18-/m1/s1. The van der Waals surface area contributed by atoms with Crippen LogP contribution in [0, 0.1) is 5.92 Å². The van der Waals surface area contributed by atoms with Crippen LogP contribution >= 0.6 is 0 Å². The summed E-state index contributed by atoms with van der Waals surface area (Å²) in [5, 5.41) is 9.55. The predicted octanol–water partition coefficient (Wildman–Crippen LogP) is 1.74. The number of aliphatic hydroxyl groups is 1. The average Bonchev–Trinajstić information content (AvgIpc) is 3.21. The minimum Gasteiger partial charge on any atom is -0.458 e. The van der Waals surface area contributed by atoms with Gasteiger partial charge < -0.3 is 24.4 Å². The Morgan fingerprint density at radius 3 is 2.33 bits per heavy atom. The molecule has 1 atom stereocenters. The van der Waals surface area contributed by atoms with E-state index in [1.807, 2.05) is 0 Å². The van der Waals surface area contributed by atoms with E-state index in [0.29, 0.717) is 38.8 Å². The number of ether oxygens (including phenoxy) is 2. The lowest BCUT2D eigenvalue weighted by Gasteiger charge is -2.34. The fraction of sp³-hybridized carbons (Fsp3) is 0.864. The van der Waals surface area contributed by atoms with Crippen molar-refractivity contribution in [1.29, 1.82) is 0 Å². The third-order valence-electron chi connectivity index (χ3n) is 5.62. The highest BCUT2D eigenvalue weighted by atomic mass is 16.6. The molecule has 0 aromatic heterocycles. The molecular weight excluding hydrogens is 388 g/mol. The molecule has 1 saturated carbocycles. The van der Waals surface area contributed by atoms with Crippen LogP contribution in [0.4, 0.5) is 0 Å². The summed E-state index contributed by atoms with van der Waals surface area (Å²) in [4.78, 5) is 41.7. The molecule has 0 spiro atoms. The minimum atomic E-state index is -0.833. The largest absolute Gasteiger partial charge is 0.458 e. The summed E-state index contributed by atoms with van der Waals surface area (Å²) in [6.45, 7) is 7.73. The molecule has 0 bridgehead atoms. The van der Waals surface area contributed by atoms with Crippen molar-refractivity contribution in [3.8, 4) is 0 Å². The Balaban J connectivity index is 2.07. The molecule has 0 aromatic carbocycles. The van der Waals surface area contributed by atoms with Gasteiger partial charge in [0.2, 0.25) is 11.8 Å². The highest BCUT2D eigenvalue weighted by Crippen LogP contribution is 2.27. The zero-order valence-corrected chi connectivity index (χ0v) is 18.7. The van der Waals surface area contributed by atoms with Gasteiger partial charge >= 0.3 is 5.97 Å². The number of rotatable bonds is 9. The van der Waals surface area contributed by atoms with E-state index < -0.39 is 17.6 Å². The quantitative estimate of drug-likeness (QED) is 0.564. The van der Waals surface area contributed by atoms with Gasteiger partial charge in [-0.3, -0.25) is 9.59 Å². The maximum Gasteiger partial charge on any atom is 0.329 e. The van der Waals surface area contributed by atoms with Crippen LogP contribution in [0.3, 0.4) is 0 Å². The van der Waals surface area contributed by atoms with Crippen LogP contribution in [0.5, 0.6) is 0 Å². The highest BCUT2D eigenvalue weighted by molar-refractivity contribution is 5.87. The van der Waals surface area contributed by atoms with E-state index in [4.69, 9.17) is 9.47 Å². The Labute approximate surface area is 179 Å². The number of hydrogen-bond donors (Lipinski definition) is 1. The van der Waals surface area contributed by atoms with Crippen molar-refractivity contribution in [2.24, 2.45) is 5.92 Å². The first-order valence-electron chi connectivity index (χ1n) is 11.2. The molecule has 0 aromatic rings. The summed E-state index contributed by atoms with van der Waals surface area (Å²) < 4.78 is 10.8. The maximum absolute atomic E-state index is 13.1. The van der Waals surface area contributed by atoms with Gasteiger partial charge in [-0.15, -0.1) is 0 Å². The van der Waals surface area contributed by atoms with Crippen molar-refractivity contribution in [1.82, 2.24) is 9.80 Å². The lowest BCUT2D eigenvalue weighted by atomic mass is 10.0. The molecule has 2 rings (SSSR count). The van der Waals surface area contributed by atoms with Crippen LogP contribution in [-0.4, -0.2) is 83.8 Å². The molecule has 1 aliphatic heterocycles. The summed E-state index contributed by atoms with van der Waals surface area (Å²) in [5.41, 5.74) is -0.681. The van der Waals surface area contributed by atoms with Crippen molar-refractivity contribution in [2.45, 2.75) is 77.4 Å². The molecule has 1 N–H and O–H groups in total. The third-order valence-corrected chi connectivity index (χ3v) is 5.62. The molecular formula is C22H38N2O6. The maximum atomic E-state index is 13.1. The number of nitrogens with zero attached hydrogens (tertiary/aromatic N) is 2. The van der Waals surface area contributed by atoms with Gasteiger partial charge in [0.15, 0.2) is 0 Å². The first-order chi connectivity index (χ1) is 14.2. The second-order valence-electron chi connectivity index (χ2n) is 9.25. The fourth-order valence-corrected chi connectivity index (χ4v) is 4.10. The predicted molar refractivity (Wildman–Crippen MR) is 112 cm³/mol. The first kappa shape index (κ1) is 24.6. The fourth-order valence-electron chi connectivity index (χ4n) is 4.10. The van der Waals surface area contributed by atoms with E-state index >= 15 is 0 Å². The number of morpholine rings is 1. The molecule has 1 saturated heterocycles. The molecule has 1 heterocycles. The molecule has 30 heavy (non-hydrogen) atoms. The lowest BCUT2D eigenvalue weighted by molar-refractivity contribution is -0.166. The van der Waals surface area contributed by atoms with Crippen molar-refractivity contribution in [3.63, 3.8) is 0 Å². The number of carbonyl (C=O) groups is 3. The Hall–Kier alpha value is -1.67. The van der Waals surface area contributed by atoms with Gasteiger partial charge in [0, 0.05) is 45.5 Å². The highest BCUT2D eigenvalue weighted by Gasteiger charge is 2.35. The first-order valence-corrected chi connectivity index (χ1v) is 11.2. The third kappa shape index (κ3) is 7.87. The summed E-state index contributed by atoms with van der Waals surface area (Å²) in [7, 11) is 0. The van der Waals surface area contributed by atoms with Crippen molar-refractivity contribution < 1.29 is 29.0 Å². The number of carbonyl (C=O) groups excluding carboxylic acids is 3. The van der Waals surface area contributed by atoms with Gasteiger partial charge in [-0.2, -0.15) is 0 Å². The van der Waals surface area contributed by atoms with Crippen molar-refractivity contribution in [2.75, 3.05) is 39.5 Å². The van der Waals surface area contributed by atoms with Gasteiger partial charge in [-0.05, 0) is 39.5 Å². The Morgan fingerprint density at radius 1 is 1.13 bits per heavy atom.